The van der Waals surface area contributed by atoms with Crippen LogP contribution in [0.2, 0.25) is 5.02 Å². The van der Waals surface area contributed by atoms with Crippen LogP contribution in [-0.4, -0.2) is 17.6 Å². The molecule has 2 atom stereocenters. The zero-order chi connectivity index (χ0) is 28.3. The second-order valence-corrected chi connectivity index (χ2v) is 12.6. The number of thiophene rings is 1. The summed E-state index contributed by atoms with van der Waals surface area (Å²) < 4.78 is 0. The number of hydrogen-bond acceptors (Lipinski definition) is 3. The Bertz CT molecular complexity index is 1510. The van der Waals surface area contributed by atoms with Gasteiger partial charge in [-0.3, -0.25) is 0 Å². The van der Waals surface area contributed by atoms with Crippen LogP contribution in [0.3, 0.4) is 0 Å². The molecule has 3 N–H and O–H groups in total. The molecular formula is C35H38ClNO2S. The van der Waals surface area contributed by atoms with E-state index in [1.54, 1.807) is 0 Å². The first-order valence-electron chi connectivity index (χ1n) is 14.3. The molecule has 1 aromatic heterocycles. The van der Waals surface area contributed by atoms with Gasteiger partial charge in [0, 0.05) is 15.9 Å². The summed E-state index contributed by atoms with van der Waals surface area (Å²) in [4.78, 5) is 13.0. The second-order valence-electron chi connectivity index (χ2n) is 11.3. The number of halogens is 1. The van der Waals surface area contributed by atoms with E-state index < -0.39 is 11.4 Å². The van der Waals surface area contributed by atoms with Crippen molar-refractivity contribution in [1.29, 1.82) is 0 Å². The van der Waals surface area contributed by atoms with Crippen molar-refractivity contribution in [3.05, 3.63) is 116 Å². The highest BCUT2D eigenvalue weighted by Gasteiger charge is 2.51. The molecule has 4 aromatic rings. The maximum absolute atomic E-state index is 12.6. The lowest BCUT2D eigenvalue weighted by atomic mass is 9.52. The van der Waals surface area contributed by atoms with E-state index in [1.807, 2.05) is 23.6 Å². The van der Waals surface area contributed by atoms with Gasteiger partial charge in [-0.05, 0) is 114 Å². The summed E-state index contributed by atoms with van der Waals surface area (Å²) >= 11 is 7.65. The molecule has 40 heavy (non-hydrogen) atoms. The minimum atomic E-state index is -0.846. The molecule has 2 unspecified atom stereocenters. The Kier molecular flexibility index (Phi) is 8.51. The van der Waals surface area contributed by atoms with E-state index in [2.05, 4.69) is 68.4 Å². The van der Waals surface area contributed by atoms with Crippen molar-refractivity contribution in [2.24, 2.45) is 5.73 Å². The summed E-state index contributed by atoms with van der Waals surface area (Å²) in [7, 11) is 0. The molecule has 0 spiro atoms. The van der Waals surface area contributed by atoms with E-state index in [1.165, 1.54) is 44.7 Å². The van der Waals surface area contributed by atoms with E-state index in [0.717, 1.165) is 55.5 Å². The largest absolute Gasteiger partial charge is 0.477 e. The average molecular weight is 572 g/mol. The van der Waals surface area contributed by atoms with Crippen molar-refractivity contribution in [1.82, 2.24) is 0 Å². The summed E-state index contributed by atoms with van der Waals surface area (Å²) in [5.41, 5.74) is 14.3. The lowest BCUT2D eigenvalue weighted by molar-refractivity contribution is 0.0695. The number of rotatable bonds is 12. The highest BCUT2D eigenvalue weighted by Crippen LogP contribution is 2.56. The number of fused-ring (bicyclic) bond motifs is 3. The highest BCUT2D eigenvalue weighted by atomic mass is 35.5. The van der Waals surface area contributed by atoms with Crippen LogP contribution >= 0.6 is 22.9 Å². The number of carboxylic acid groups (broad SMARTS) is 1. The van der Waals surface area contributed by atoms with Crippen LogP contribution < -0.4 is 5.73 Å². The molecule has 1 aliphatic carbocycles. The number of aryl methyl sites for hydroxylation is 1. The number of carboxylic acids is 1. The van der Waals surface area contributed by atoms with Gasteiger partial charge in [-0.25, -0.2) is 4.79 Å². The van der Waals surface area contributed by atoms with Gasteiger partial charge in [0.25, 0.3) is 0 Å². The quantitative estimate of drug-likeness (QED) is 0.157. The first-order chi connectivity index (χ1) is 19.3. The van der Waals surface area contributed by atoms with Gasteiger partial charge in [-0.2, -0.15) is 0 Å². The Balaban J connectivity index is 1.67. The first-order valence-corrected chi connectivity index (χ1v) is 15.6. The third kappa shape index (κ3) is 5.02. The van der Waals surface area contributed by atoms with Crippen LogP contribution in [0.25, 0.3) is 11.1 Å². The van der Waals surface area contributed by atoms with Crippen molar-refractivity contribution < 1.29 is 9.90 Å². The predicted octanol–water partition coefficient (Wildman–Crippen LogP) is 9.04. The fourth-order valence-electron chi connectivity index (χ4n) is 7.25. The Hall–Kier alpha value is -2.92. The monoisotopic (exact) mass is 571 g/mol. The van der Waals surface area contributed by atoms with Gasteiger partial charge in [-0.15, -0.1) is 11.3 Å². The summed E-state index contributed by atoms with van der Waals surface area (Å²) in [6.07, 6.45) is 6.12. The van der Waals surface area contributed by atoms with Gasteiger partial charge in [0.15, 0.2) is 0 Å². The first kappa shape index (κ1) is 28.6. The Morgan fingerprint density at radius 3 is 2.48 bits per heavy atom. The molecule has 208 valence electrons. The third-order valence-electron chi connectivity index (χ3n) is 9.35. The molecule has 0 radical (unpaired) electrons. The average Bonchev–Trinajstić information content (AvgIpc) is 3.60. The minimum absolute atomic E-state index is 0.310. The van der Waals surface area contributed by atoms with E-state index in [0.29, 0.717) is 11.4 Å². The van der Waals surface area contributed by atoms with Crippen molar-refractivity contribution in [3.63, 3.8) is 0 Å². The van der Waals surface area contributed by atoms with Crippen LogP contribution in [0, 0.1) is 0 Å². The van der Waals surface area contributed by atoms with Crippen LogP contribution in [0.4, 0.5) is 0 Å². The number of carbonyl (C=O) groups is 1. The molecule has 3 nitrogen and oxygen atoms in total. The molecule has 5 heteroatoms. The molecule has 1 aliphatic rings. The third-order valence-corrected chi connectivity index (χ3v) is 10.5. The van der Waals surface area contributed by atoms with Crippen molar-refractivity contribution >= 4 is 28.9 Å². The standard InChI is InChI=1S/C35H38ClNO2S/c1-3-34(2,30-16-7-15-28-27-14-5-4-12-25(27)23-29(28)30)35(19-9-20-37,31-17-21-40-32(31)33(38)39)18-8-11-24-10-6-13-26(36)22-24/h4-7,10,12-17,21-22H,3,8-9,11,18-20,23,37H2,1-2H3,(H,38,39). The Morgan fingerprint density at radius 2 is 1.73 bits per heavy atom. The summed E-state index contributed by atoms with van der Waals surface area (Å²) in [5.74, 6) is -0.846. The molecule has 0 bridgehead atoms. The molecule has 0 aliphatic heterocycles. The lowest BCUT2D eigenvalue weighted by Gasteiger charge is -2.51. The Labute approximate surface area is 247 Å². The topological polar surface area (TPSA) is 63.3 Å². The molecule has 5 rings (SSSR count). The zero-order valence-electron chi connectivity index (χ0n) is 23.4. The number of hydrogen-bond donors (Lipinski definition) is 2. The van der Waals surface area contributed by atoms with Gasteiger partial charge in [0.2, 0.25) is 0 Å². The molecule has 0 fully saturated rings. The van der Waals surface area contributed by atoms with Gasteiger partial charge in [0.05, 0.1) is 0 Å². The minimum Gasteiger partial charge on any atom is -0.477 e. The molecule has 0 amide bonds. The van der Waals surface area contributed by atoms with Crippen LogP contribution in [-0.2, 0) is 23.7 Å². The van der Waals surface area contributed by atoms with Crippen LogP contribution in [0.5, 0.6) is 0 Å². The van der Waals surface area contributed by atoms with Crippen molar-refractivity contribution in [2.45, 2.75) is 69.6 Å². The number of aromatic carboxylic acids is 1. The van der Waals surface area contributed by atoms with Gasteiger partial charge in [0.1, 0.15) is 4.88 Å². The van der Waals surface area contributed by atoms with E-state index in [-0.39, 0.29) is 5.41 Å². The van der Waals surface area contributed by atoms with Crippen LogP contribution in [0.15, 0.2) is 78.2 Å². The zero-order valence-corrected chi connectivity index (χ0v) is 25.0. The summed E-state index contributed by atoms with van der Waals surface area (Å²) in [5, 5.41) is 13.0. The molecular weight excluding hydrogens is 534 g/mol. The van der Waals surface area contributed by atoms with E-state index >= 15 is 0 Å². The molecule has 0 saturated carbocycles. The Morgan fingerprint density at radius 1 is 0.975 bits per heavy atom. The maximum Gasteiger partial charge on any atom is 0.346 e. The van der Waals surface area contributed by atoms with Gasteiger partial charge < -0.3 is 10.8 Å². The van der Waals surface area contributed by atoms with Crippen molar-refractivity contribution in [2.75, 3.05) is 6.54 Å². The fraction of sp³-hybridized carbons (Fsp3) is 0.343. The van der Waals surface area contributed by atoms with Crippen LogP contribution in [0.1, 0.15) is 83.4 Å². The van der Waals surface area contributed by atoms with E-state index in [4.69, 9.17) is 17.3 Å². The van der Waals surface area contributed by atoms with E-state index in [9.17, 15) is 9.90 Å². The lowest BCUT2D eigenvalue weighted by Crippen LogP contribution is -2.48. The smallest absolute Gasteiger partial charge is 0.346 e. The van der Waals surface area contributed by atoms with Crippen molar-refractivity contribution in [3.8, 4) is 11.1 Å². The fourth-order valence-corrected chi connectivity index (χ4v) is 8.29. The number of nitrogens with two attached hydrogens (primary N) is 1. The molecule has 3 aromatic carbocycles. The van der Waals surface area contributed by atoms with Gasteiger partial charge in [-0.1, -0.05) is 80.0 Å². The van der Waals surface area contributed by atoms with Gasteiger partial charge >= 0.3 is 5.97 Å². The highest BCUT2D eigenvalue weighted by molar-refractivity contribution is 7.12. The summed E-state index contributed by atoms with van der Waals surface area (Å²) in [6.45, 7) is 5.22. The second kappa shape index (κ2) is 11.9. The predicted molar refractivity (Wildman–Crippen MR) is 168 cm³/mol. The molecule has 0 saturated heterocycles. The normalized spacial score (nSPS) is 15.2. The number of benzene rings is 3. The SMILES string of the molecule is CCC(C)(c1cccc2c1Cc1ccccc1-2)C(CCCN)(CCCc1cccc(Cl)c1)c1ccsc1C(=O)O. The molecule has 1 heterocycles. The maximum atomic E-state index is 12.6. The summed E-state index contributed by atoms with van der Waals surface area (Å²) in [6, 6.07) is 25.6.